The van der Waals surface area contributed by atoms with Crippen LogP contribution in [-0.2, 0) is 37.7 Å². The topological polar surface area (TPSA) is 161 Å². The number of rotatable bonds is 10. The molecule has 0 spiro atoms. The zero-order valence-corrected chi connectivity index (χ0v) is 21.1. The quantitative estimate of drug-likeness (QED) is 0.325. The van der Waals surface area contributed by atoms with Gasteiger partial charge in [0.1, 0.15) is 0 Å². The fourth-order valence-electron chi connectivity index (χ4n) is 1.64. The highest BCUT2D eigenvalue weighted by Gasteiger charge is 2.15. The van der Waals surface area contributed by atoms with Gasteiger partial charge in [-0.1, -0.05) is 0 Å². The fraction of sp³-hybridized carbons (Fsp3) is 1.00. The Labute approximate surface area is 180 Å². The lowest BCUT2D eigenvalue weighted by atomic mass is 10.1. The molecular formula is C15H35ClO10S3. The molecule has 0 aliphatic heterocycles. The average Bonchev–Trinajstić information content (AvgIpc) is 2.38. The molecular weight excluding hydrogens is 472 g/mol. The van der Waals surface area contributed by atoms with E-state index in [1.54, 1.807) is 27.7 Å². The SMILES string of the molecule is CS(=O)(=O)Cl.C[C@@H](O)CC[C@@H](C)O.C[C@H](CC[C@@H](C)OS(C)(=O)=O)OS(C)(=O)=O. The van der Waals surface area contributed by atoms with Crippen LogP contribution in [0.3, 0.4) is 0 Å². The van der Waals surface area contributed by atoms with E-state index < -0.39 is 41.5 Å². The number of halogens is 1. The maximum absolute atomic E-state index is 10.8. The van der Waals surface area contributed by atoms with Crippen LogP contribution < -0.4 is 0 Å². The molecule has 0 rings (SSSR count). The number of hydrogen-bond donors (Lipinski definition) is 2. The Morgan fingerprint density at radius 1 is 0.655 bits per heavy atom. The van der Waals surface area contributed by atoms with Crippen LogP contribution in [0, 0.1) is 0 Å². The molecule has 0 aromatic carbocycles. The van der Waals surface area contributed by atoms with E-state index in [0.717, 1.165) is 18.8 Å². The highest BCUT2D eigenvalue weighted by molar-refractivity contribution is 8.13. The molecule has 10 nitrogen and oxygen atoms in total. The minimum atomic E-state index is -3.47. The van der Waals surface area contributed by atoms with E-state index in [1.807, 2.05) is 0 Å². The van der Waals surface area contributed by atoms with Crippen LogP contribution in [0.4, 0.5) is 0 Å². The van der Waals surface area contributed by atoms with Crippen molar-refractivity contribution in [2.75, 3.05) is 18.8 Å². The predicted octanol–water partition coefficient (Wildman–Crippen LogP) is 1.21. The third-order valence-corrected chi connectivity index (χ3v) is 4.02. The van der Waals surface area contributed by atoms with Gasteiger partial charge in [0.2, 0.25) is 9.05 Å². The number of aliphatic hydroxyl groups is 2. The van der Waals surface area contributed by atoms with Crippen LogP contribution in [0.5, 0.6) is 0 Å². The van der Waals surface area contributed by atoms with Crippen molar-refractivity contribution < 1.29 is 43.8 Å². The molecule has 0 saturated carbocycles. The van der Waals surface area contributed by atoms with Gasteiger partial charge >= 0.3 is 0 Å². The smallest absolute Gasteiger partial charge is 0.264 e. The number of hydrogen-bond acceptors (Lipinski definition) is 10. The van der Waals surface area contributed by atoms with E-state index in [9.17, 15) is 25.3 Å². The molecule has 0 aliphatic carbocycles. The van der Waals surface area contributed by atoms with E-state index in [4.69, 9.17) is 10.2 Å². The highest BCUT2D eigenvalue weighted by atomic mass is 35.7. The molecule has 29 heavy (non-hydrogen) atoms. The Hall–Kier alpha value is -0.0200. The van der Waals surface area contributed by atoms with E-state index in [0.29, 0.717) is 25.7 Å². The molecule has 0 aromatic heterocycles. The van der Waals surface area contributed by atoms with Gasteiger partial charge in [0.25, 0.3) is 20.2 Å². The van der Waals surface area contributed by atoms with Crippen molar-refractivity contribution in [2.45, 2.75) is 77.8 Å². The molecule has 2 N–H and O–H groups in total. The molecule has 0 saturated heterocycles. The summed E-state index contributed by atoms with van der Waals surface area (Å²) in [5, 5.41) is 17.4. The van der Waals surface area contributed by atoms with Crippen molar-refractivity contribution in [1.29, 1.82) is 0 Å². The first-order valence-corrected chi connectivity index (χ1v) is 15.0. The second-order valence-electron chi connectivity index (χ2n) is 6.76. The van der Waals surface area contributed by atoms with Crippen molar-refractivity contribution in [3.8, 4) is 0 Å². The van der Waals surface area contributed by atoms with Gasteiger partial charge in [-0.3, -0.25) is 8.37 Å². The van der Waals surface area contributed by atoms with Gasteiger partial charge in [-0.15, -0.1) is 0 Å². The Morgan fingerprint density at radius 2 is 0.862 bits per heavy atom. The summed E-state index contributed by atoms with van der Waals surface area (Å²) in [5.41, 5.74) is 0. The average molecular weight is 507 g/mol. The summed E-state index contributed by atoms with van der Waals surface area (Å²) in [6.45, 7) is 6.66. The van der Waals surface area contributed by atoms with Crippen LogP contribution in [0.15, 0.2) is 0 Å². The Kier molecular flexibility index (Phi) is 18.2. The summed E-state index contributed by atoms with van der Waals surface area (Å²) in [5.74, 6) is 0. The second kappa shape index (κ2) is 15.7. The first kappa shape index (κ1) is 33.6. The van der Waals surface area contributed by atoms with E-state index in [1.165, 1.54) is 0 Å². The molecule has 0 bridgehead atoms. The molecule has 0 radical (unpaired) electrons. The summed E-state index contributed by atoms with van der Waals surface area (Å²) in [4.78, 5) is 0. The largest absolute Gasteiger partial charge is 0.393 e. The van der Waals surface area contributed by atoms with Gasteiger partial charge in [0, 0.05) is 10.7 Å². The molecule has 180 valence electrons. The van der Waals surface area contributed by atoms with Crippen molar-refractivity contribution in [3.63, 3.8) is 0 Å². The second-order valence-corrected chi connectivity index (χ2v) is 13.0. The highest BCUT2D eigenvalue weighted by Crippen LogP contribution is 2.10. The summed E-state index contributed by atoms with van der Waals surface area (Å²) in [6, 6.07) is 0. The Morgan fingerprint density at radius 3 is 1.00 bits per heavy atom. The first-order chi connectivity index (χ1) is 12.6. The zero-order valence-electron chi connectivity index (χ0n) is 17.9. The van der Waals surface area contributed by atoms with Crippen LogP contribution in [0.1, 0.15) is 53.4 Å². The van der Waals surface area contributed by atoms with Crippen LogP contribution in [0.25, 0.3) is 0 Å². The Bertz CT molecular complexity index is 659. The van der Waals surface area contributed by atoms with Crippen molar-refractivity contribution in [1.82, 2.24) is 0 Å². The van der Waals surface area contributed by atoms with Crippen molar-refractivity contribution >= 4 is 40.0 Å². The van der Waals surface area contributed by atoms with Gasteiger partial charge in [-0.2, -0.15) is 16.8 Å². The van der Waals surface area contributed by atoms with Crippen molar-refractivity contribution in [3.05, 3.63) is 0 Å². The lowest BCUT2D eigenvalue weighted by Gasteiger charge is -2.14. The van der Waals surface area contributed by atoms with Gasteiger partial charge in [0.15, 0.2) is 0 Å². The standard InChI is InChI=1S/C8H18O6S2.C6H14O2.CH3ClO2S/c1-7(13-15(3,9)10)5-6-8(2)14-16(4,11)12;1-5(7)3-4-6(2)8;1-5(2,3)4/h7-8H,5-6H2,1-4H3;5-8H,3-4H2,1-2H3;1H3/t7-,8-;5-,6-;/m11./s1. The molecule has 14 heteroatoms. The number of aliphatic hydroxyl groups excluding tert-OH is 2. The van der Waals surface area contributed by atoms with E-state index in [2.05, 4.69) is 19.0 Å². The van der Waals surface area contributed by atoms with Crippen LogP contribution >= 0.6 is 10.7 Å². The molecule has 0 aliphatic rings. The molecule has 4 atom stereocenters. The maximum atomic E-state index is 10.8. The normalized spacial score (nSPS) is 16.3. The molecule has 0 unspecified atom stereocenters. The zero-order chi connectivity index (χ0) is 24.1. The summed E-state index contributed by atoms with van der Waals surface area (Å²) in [6.07, 6.45) is 3.55. The molecule has 0 fully saturated rings. The van der Waals surface area contributed by atoms with Gasteiger partial charge in [0.05, 0.1) is 43.2 Å². The summed E-state index contributed by atoms with van der Waals surface area (Å²) in [7, 11) is -5.62. The maximum Gasteiger partial charge on any atom is 0.264 e. The van der Waals surface area contributed by atoms with Gasteiger partial charge in [-0.25, -0.2) is 8.42 Å². The Balaban J connectivity index is -0.000000430. The predicted molar refractivity (Wildman–Crippen MR) is 113 cm³/mol. The van der Waals surface area contributed by atoms with Crippen LogP contribution in [0.2, 0.25) is 0 Å². The molecule has 0 heterocycles. The first-order valence-electron chi connectivity index (χ1n) is 8.64. The third-order valence-electron chi connectivity index (χ3n) is 2.66. The summed E-state index contributed by atoms with van der Waals surface area (Å²) < 4.78 is 71.2. The third kappa shape index (κ3) is 47.3. The van der Waals surface area contributed by atoms with E-state index >= 15 is 0 Å². The minimum Gasteiger partial charge on any atom is -0.393 e. The van der Waals surface area contributed by atoms with E-state index in [-0.39, 0.29) is 12.2 Å². The lowest BCUT2D eigenvalue weighted by Crippen LogP contribution is -2.19. The van der Waals surface area contributed by atoms with Gasteiger partial charge in [-0.05, 0) is 53.4 Å². The monoisotopic (exact) mass is 506 g/mol. The van der Waals surface area contributed by atoms with Crippen molar-refractivity contribution in [2.24, 2.45) is 0 Å². The summed E-state index contributed by atoms with van der Waals surface area (Å²) >= 11 is 0. The lowest BCUT2D eigenvalue weighted by molar-refractivity contribution is 0.133. The van der Waals surface area contributed by atoms with Gasteiger partial charge < -0.3 is 10.2 Å². The molecule has 0 aromatic rings. The fourth-order valence-corrected chi connectivity index (χ4v) is 3.03. The van der Waals surface area contributed by atoms with Crippen LogP contribution in [-0.4, -0.2) is 78.6 Å². The molecule has 0 amide bonds. The minimum absolute atomic E-state index is 0.274.